The summed E-state index contributed by atoms with van der Waals surface area (Å²) < 4.78 is 0.607. The first kappa shape index (κ1) is 13.2. The van der Waals surface area contributed by atoms with Gasteiger partial charge in [-0.1, -0.05) is 6.07 Å². The summed E-state index contributed by atoms with van der Waals surface area (Å²) in [6.45, 7) is 0. The van der Waals surface area contributed by atoms with Gasteiger partial charge in [-0.25, -0.2) is 0 Å². The Kier molecular flexibility index (Phi) is 3.62. The van der Waals surface area contributed by atoms with Crippen LogP contribution in [0.4, 0.5) is 11.4 Å². The molecule has 0 atom stereocenters. The predicted octanol–water partition coefficient (Wildman–Crippen LogP) is 2.69. The number of rotatable bonds is 2. The van der Waals surface area contributed by atoms with Gasteiger partial charge in [-0.05, 0) is 46.3 Å². The highest BCUT2D eigenvalue weighted by Gasteiger charge is 2.16. The van der Waals surface area contributed by atoms with Gasteiger partial charge in [-0.3, -0.25) is 4.79 Å². The Morgan fingerprint density at radius 1 is 1.16 bits per heavy atom. The summed E-state index contributed by atoms with van der Waals surface area (Å²) in [7, 11) is 0. The number of nitrogen functional groups attached to an aromatic ring is 1. The van der Waals surface area contributed by atoms with Crippen LogP contribution >= 0.6 is 15.9 Å². The van der Waals surface area contributed by atoms with Crippen molar-refractivity contribution < 1.29 is 15.0 Å². The van der Waals surface area contributed by atoms with Gasteiger partial charge in [-0.2, -0.15) is 0 Å². The normalized spacial score (nSPS) is 10.2. The van der Waals surface area contributed by atoms with Crippen molar-refractivity contribution >= 4 is 33.2 Å². The Morgan fingerprint density at radius 3 is 2.37 bits per heavy atom. The number of nitrogens with one attached hydrogen (secondary N) is 1. The number of phenols is 2. The van der Waals surface area contributed by atoms with Crippen molar-refractivity contribution in [1.29, 1.82) is 0 Å². The zero-order valence-corrected chi connectivity index (χ0v) is 11.3. The minimum absolute atomic E-state index is 0.175. The van der Waals surface area contributed by atoms with Crippen LogP contribution in [0.25, 0.3) is 0 Å². The van der Waals surface area contributed by atoms with Gasteiger partial charge in [0.2, 0.25) is 0 Å². The fraction of sp³-hybridized carbons (Fsp3) is 0. The zero-order chi connectivity index (χ0) is 14.0. The molecule has 2 rings (SSSR count). The van der Waals surface area contributed by atoms with Crippen LogP contribution in [0.2, 0.25) is 0 Å². The van der Waals surface area contributed by atoms with E-state index in [1.165, 1.54) is 18.2 Å². The number of carbonyl (C=O) groups is 1. The van der Waals surface area contributed by atoms with Gasteiger partial charge in [0, 0.05) is 10.2 Å². The fourth-order valence-corrected chi connectivity index (χ4v) is 2.07. The van der Waals surface area contributed by atoms with E-state index in [9.17, 15) is 15.0 Å². The van der Waals surface area contributed by atoms with E-state index >= 15 is 0 Å². The Morgan fingerprint density at radius 2 is 1.79 bits per heavy atom. The molecule has 0 radical (unpaired) electrons. The van der Waals surface area contributed by atoms with Crippen molar-refractivity contribution in [3.63, 3.8) is 0 Å². The van der Waals surface area contributed by atoms with E-state index in [4.69, 9.17) is 5.73 Å². The summed E-state index contributed by atoms with van der Waals surface area (Å²) in [5.41, 5.74) is 6.46. The molecule has 0 heterocycles. The van der Waals surface area contributed by atoms with Crippen LogP contribution in [0, 0.1) is 0 Å². The van der Waals surface area contributed by atoms with E-state index in [-0.39, 0.29) is 17.1 Å². The quantitative estimate of drug-likeness (QED) is 0.639. The zero-order valence-electron chi connectivity index (χ0n) is 9.72. The lowest BCUT2D eigenvalue weighted by Crippen LogP contribution is -2.12. The lowest BCUT2D eigenvalue weighted by Gasteiger charge is -2.10. The molecule has 2 aromatic carbocycles. The van der Waals surface area contributed by atoms with Gasteiger partial charge in [0.05, 0.1) is 5.69 Å². The van der Waals surface area contributed by atoms with E-state index in [0.717, 1.165) is 0 Å². The van der Waals surface area contributed by atoms with Gasteiger partial charge in [-0.15, -0.1) is 0 Å². The average Bonchev–Trinajstić information content (AvgIpc) is 2.32. The number of amides is 1. The van der Waals surface area contributed by atoms with E-state index in [1.54, 1.807) is 18.2 Å². The molecule has 0 saturated heterocycles. The third-order valence-electron chi connectivity index (χ3n) is 2.49. The topological polar surface area (TPSA) is 95.6 Å². The molecule has 0 aliphatic rings. The summed E-state index contributed by atoms with van der Waals surface area (Å²) in [5.74, 6) is -1.19. The molecular formula is C13H11BrN2O3. The molecule has 0 unspecified atom stereocenters. The minimum Gasteiger partial charge on any atom is -0.507 e. The van der Waals surface area contributed by atoms with Gasteiger partial charge in [0.1, 0.15) is 17.1 Å². The van der Waals surface area contributed by atoms with Crippen molar-refractivity contribution in [2.75, 3.05) is 11.1 Å². The first-order valence-corrected chi connectivity index (χ1v) is 6.15. The molecule has 0 aliphatic heterocycles. The number of carbonyl (C=O) groups excluding carboxylic acids is 1. The van der Waals surface area contributed by atoms with E-state index in [0.29, 0.717) is 15.8 Å². The van der Waals surface area contributed by atoms with E-state index in [2.05, 4.69) is 21.2 Å². The lowest BCUT2D eigenvalue weighted by atomic mass is 10.1. The first-order valence-electron chi connectivity index (χ1n) is 5.36. The average molecular weight is 323 g/mol. The number of phenolic OH excluding ortho intramolecular Hbond substituents is 2. The Balaban J connectivity index is 2.31. The number of hydrogen-bond donors (Lipinski definition) is 4. The van der Waals surface area contributed by atoms with Crippen molar-refractivity contribution in [3.8, 4) is 11.5 Å². The van der Waals surface area contributed by atoms with E-state index in [1.807, 2.05) is 0 Å². The summed E-state index contributed by atoms with van der Waals surface area (Å²) in [6.07, 6.45) is 0. The van der Waals surface area contributed by atoms with Crippen LogP contribution in [-0.4, -0.2) is 16.1 Å². The van der Waals surface area contributed by atoms with Crippen LogP contribution in [0.3, 0.4) is 0 Å². The van der Waals surface area contributed by atoms with Crippen molar-refractivity contribution in [2.45, 2.75) is 0 Å². The standard InChI is InChI=1S/C13H11BrN2O3/c14-8-6-7(15)4-5-9(8)16-13(19)12-10(17)2-1-3-11(12)18/h1-6,17-18H,15H2,(H,16,19). The minimum atomic E-state index is -0.610. The van der Waals surface area contributed by atoms with Gasteiger partial charge >= 0.3 is 0 Å². The fourth-order valence-electron chi connectivity index (χ4n) is 1.58. The molecule has 5 nitrogen and oxygen atoms in total. The van der Waals surface area contributed by atoms with Crippen LogP contribution in [0.15, 0.2) is 40.9 Å². The molecule has 1 amide bonds. The highest BCUT2D eigenvalue weighted by molar-refractivity contribution is 9.10. The molecule has 0 fully saturated rings. The number of halogens is 1. The molecule has 2 aromatic rings. The molecule has 98 valence electrons. The maximum Gasteiger partial charge on any atom is 0.263 e. The number of anilines is 2. The molecule has 0 bridgehead atoms. The number of benzene rings is 2. The summed E-state index contributed by atoms with van der Waals surface area (Å²) in [5, 5.41) is 21.8. The molecular weight excluding hydrogens is 312 g/mol. The Labute approximate surface area is 117 Å². The summed E-state index contributed by atoms with van der Waals surface area (Å²) in [4.78, 5) is 12.0. The molecule has 0 saturated carbocycles. The third kappa shape index (κ3) is 2.79. The summed E-state index contributed by atoms with van der Waals surface area (Å²) in [6, 6.07) is 8.99. The van der Waals surface area contributed by atoms with Crippen molar-refractivity contribution in [2.24, 2.45) is 0 Å². The molecule has 5 N–H and O–H groups in total. The first-order chi connectivity index (χ1) is 8.99. The SMILES string of the molecule is Nc1ccc(NC(=O)c2c(O)cccc2O)c(Br)c1. The van der Waals surface area contributed by atoms with Crippen molar-refractivity contribution in [1.82, 2.24) is 0 Å². The van der Waals surface area contributed by atoms with Gasteiger partial charge in [0.25, 0.3) is 5.91 Å². The molecule has 19 heavy (non-hydrogen) atoms. The second-order valence-corrected chi connectivity index (χ2v) is 4.72. The highest BCUT2D eigenvalue weighted by atomic mass is 79.9. The lowest BCUT2D eigenvalue weighted by molar-refractivity contribution is 0.102. The molecule has 0 aliphatic carbocycles. The monoisotopic (exact) mass is 322 g/mol. The number of aromatic hydroxyl groups is 2. The maximum atomic E-state index is 12.0. The van der Waals surface area contributed by atoms with Crippen LogP contribution in [0.1, 0.15) is 10.4 Å². The molecule has 0 spiro atoms. The van der Waals surface area contributed by atoms with Crippen LogP contribution in [-0.2, 0) is 0 Å². The summed E-state index contributed by atoms with van der Waals surface area (Å²) >= 11 is 3.27. The Hall–Kier alpha value is -2.21. The van der Waals surface area contributed by atoms with Gasteiger partial charge < -0.3 is 21.3 Å². The number of hydrogen-bond acceptors (Lipinski definition) is 4. The Bertz CT molecular complexity index is 624. The van der Waals surface area contributed by atoms with Crippen molar-refractivity contribution in [3.05, 3.63) is 46.4 Å². The second kappa shape index (κ2) is 5.19. The van der Waals surface area contributed by atoms with Crippen LogP contribution < -0.4 is 11.1 Å². The van der Waals surface area contributed by atoms with E-state index < -0.39 is 5.91 Å². The maximum absolute atomic E-state index is 12.0. The molecule has 6 heteroatoms. The third-order valence-corrected chi connectivity index (χ3v) is 3.14. The largest absolute Gasteiger partial charge is 0.507 e. The smallest absolute Gasteiger partial charge is 0.263 e. The predicted molar refractivity (Wildman–Crippen MR) is 76.3 cm³/mol. The number of nitrogens with two attached hydrogens (primary N) is 1. The second-order valence-electron chi connectivity index (χ2n) is 3.86. The molecule has 0 aromatic heterocycles. The van der Waals surface area contributed by atoms with Gasteiger partial charge in [0.15, 0.2) is 0 Å². The van der Waals surface area contributed by atoms with Crippen LogP contribution in [0.5, 0.6) is 11.5 Å². The highest BCUT2D eigenvalue weighted by Crippen LogP contribution is 2.29.